The maximum Gasteiger partial charge on any atom is 1.00 e. The second kappa shape index (κ2) is 48.5. The van der Waals surface area contributed by atoms with Gasteiger partial charge in [-0.15, -0.1) is 3.71 Å². The molecule has 4 aromatic rings. The SMILES string of the molecule is CCCS(=O)(=O)Cl.CCCS(=O)(=O)N(COCC[Si](C)(C)C)c1ncc(F)c(I)c1F.CCCS(=O)(=O)N(c1ncc(F)c(I)c1F)S(=O)(=O)CCC.CCCS(=O)(=O)Nc1ncc(F)c(I)c1F.CO.C[Si](C)(C)CCOCCl.Nc1ncc(F)c(I)c1F.[Na+].[OH-]. The van der Waals surface area contributed by atoms with Crippen LogP contribution in [0.4, 0.5) is 58.4 Å². The van der Waals surface area contributed by atoms with Crippen LogP contribution in [-0.2, 0) is 58.6 Å². The van der Waals surface area contributed by atoms with E-state index in [0.29, 0.717) is 38.1 Å². The van der Waals surface area contributed by atoms with E-state index in [0.717, 1.165) is 42.7 Å². The number of anilines is 4. The van der Waals surface area contributed by atoms with Crippen molar-refractivity contribution < 1.29 is 127 Å². The van der Waals surface area contributed by atoms with Crippen LogP contribution >= 0.6 is 113 Å². The zero-order valence-corrected chi connectivity index (χ0v) is 70.7. The van der Waals surface area contributed by atoms with Gasteiger partial charge in [-0.2, -0.15) is 0 Å². The molecule has 92 heavy (non-hydrogen) atoms. The third-order valence-corrected chi connectivity index (χ3v) is 26.5. The van der Waals surface area contributed by atoms with Crippen LogP contribution in [0.25, 0.3) is 0 Å². The van der Waals surface area contributed by atoms with E-state index in [2.05, 4.69) is 59.2 Å². The molecule has 0 amide bonds. The van der Waals surface area contributed by atoms with Gasteiger partial charge in [0.25, 0.3) is 0 Å². The summed E-state index contributed by atoms with van der Waals surface area (Å²) < 4.78 is 235. The second-order valence-corrected chi connectivity index (χ2v) is 46.8. The Morgan fingerprint density at radius 2 is 0.870 bits per heavy atom. The summed E-state index contributed by atoms with van der Waals surface area (Å²) in [6.07, 6.45) is 4.71. The number of halogens is 14. The van der Waals surface area contributed by atoms with Crippen LogP contribution in [0.5, 0.6) is 0 Å². The number of sulfonamides is 4. The van der Waals surface area contributed by atoms with Crippen molar-refractivity contribution in [2.75, 3.05) is 80.4 Å². The molecule has 5 N–H and O–H groups in total. The number of nitrogens with two attached hydrogens (primary N) is 1. The Kier molecular flexibility index (Phi) is 53.0. The first-order valence-corrected chi connectivity index (χ1v) is 47.5. The summed E-state index contributed by atoms with van der Waals surface area (Å²) in [6, 6.07) is 2.40. The third kappa shape index (κ3) is 40.1. The molecule has 0 fully saturated rings. The van der Waals surface area contributed by atoms with Crippen LogP contribution in [0.2, 0.25) is 51.4 Å². The molecule has 4 heterocycles. The molecule has 0 aliphatic rings. The number of nitrogens with one attached hydrogen (secondary N) is 1. The fourth-order valence-electron chi connectivity index (χ4n) is 5.57. The number of aromatic nitrogens is 4. The molecular weight excluding hydrogens is 1880 g/mol. The van der Waals surface area contributed by atoms with Gasteiger partial charge >= 0.3 is 29.6 Å². The van der Waals surface area contributed by atoms with E-state index in [1.807, 2.05) is 4.72 Å². The normalized spacial score (nSPS) is 11.4. The Bertz CT molecular complexity index is 3400. The summed E-state index contributed by atoms with van der Waals surface area (Å²) in [5.74, 6) is -10.8. The van der Waals surface area contributed by atoms with Crippen molar-refractivity contribution in [2.45, 2.75) is 118 Å². The molecule has 0 unspecified atom stereocenters. The van der Waals surface area contributed by atoms with Gasteiger partial charge in [0.15, 0.2) is 69.8 Å². The number of hydrogen-bond donors (Lipinski definition) is 3. The molecule has 0 atom stereocenters. The van der Waals surface area contributed by atoms with Gasteiger partial charge in [-0.1, -0.05) is 85.5 Å². The minimum absolute atomic E-state index is 0. The van der Waals surface area contributed by atoms with Crippen LogP contribution in [0.1, 0.15) is 66.7 Å². The summed E-state index contributed by atoms with van der Waals surface area (Å²) in [5.41, 5.74) is 5.03. The van der Waals surface area contributed by atoms with Crippen molar-refractivity contribution in [3.8, 4) is 0 Å². The van der Waals surface area contributed by atoms with Gasteiger partial charge in [0.2, 0.25) is 49.1 Å². The van der Waals surface area contributed by atoms with Crippen LogP contribution < -0.4 is 48.0 Å². The smallest absolute Gasteiger partial charge is 0.870 e. The Hall–Kier alpha value is -0.236. The van der Waals surface area contributed by atoms with Gasteiger partial charge in [-0.25, -0.2) is 101 Å². The molecule has 4 rings (SSSR count). The maximum atomic E-state index is 14.3. The summed E-state index contributed by atoms with van der Waals surface area (Å²) in [5, 5.41) is 7.00. The van der Waals surface area contributed by atoms with Crippen LogP contribution in [-0.4, -0.2) is 151 Å². The molecule has 0 spiro atoms. The number of rotatable bonds is 26. The molecule has 44 heteroatoms. The molecule has 0 aliphatic heterocycles. The van der Waals surface area contributed by atoms with Crippen LogP contribution in [0.15, 0.2) is 24.8 Å². The molecule has 530 valence electrons. The fraction of sp³-hybridized carbons (Fsp3) is 0.583. The van der Waals surface area contributed by atoms with Crippen molar-refractivity contribution in [1.29, 1.82) is 0 Å². The quantitative estimate of drug-likeness (QED) is 0.0100. The van der Waals surface area contributed by atoms with E-state index in [-0.39, 0.29) is 92.1 Å². The van der Waals surface area contributed by atoms with Gasteiger partial charge in [-0.3, -0.25) is 4.72 Å². The van der Waals surface area contributed by atoms with Crippen LogP contribution in [0, 0.1) is 60.8 Å². The molecule has 0 saturated heterocycles. The Labute approximate surface area is 624 Å². The molecule has 0 aliphatic carbocycles. The van der Waals surface area contributed by atoms with Gasteiger partial charge in [0.1, 0.15) is 12.8 Å². The monoisotopic (exact) mass is 1960 g/mol. The summed E-state index contributed by atoms with van der Waals surface area (Å²) >= 11 is 11.1. The number of aliphatic hydroxyl groups excluding tert-OH is 1. The minimum Gasteiger partial charge on any atom is -0.870 e. The summed E-state index contributed by atoms with van der Waals surface area (Å²) in [4.78, 5) is 13.6. The summed E-state index contributed by atoms with van der Waals surface area (Å²) in [7, 11) is -15.7. The third-order valence-electron chi connectivity index (χ3n) is 9.75. The molecule has 4 aromatic heterocycles. The van der Waals surface area contributed by atoms with Gasteiger partial charge in [0, 0.05) is 47.2 Å². The van der Waals surface area contributed by atoms with Gasteiger partial charge in [0.05, 0.1) is 67.8 Å². The van der Waals surface area contributed by atoms with Crippen molar-refractivity contribution in [2.24, 2.45) is 0 Å². The van der Waals surface area contributed by atoms with Gasteiger partial charge < -0.3 is 25.8 Å². The number of hydrogen-bond acceptors (Lipinski definition) is 19. The zero-order chi connectivity index (χ0) is 71.0. The van der Waals surface area contributed by atoms with E-state index in [4.69, 9.17) is 42.6 Å². The van der Waals surface area contributed by atoms with Crippen molar-refractivity contribution in [1.82, 2.24) is 19.9 Å². The molecule has 0 radical (unpaired) electrons. The topological polar surface area (TPSA) is 335 Å². The predicted molar refractivity (Wildman–Crippen MR) is 381 cm³/mol. The zero-order valence-electron chi connectivity index (χ0n) is 52.5. The Morgan fingerprint density at radius 3 is 1.23 bits per heavy atom. The Balaban J connectivity index is -0.000000342. The van der Waals surface area contributed by atoms with E-state index in [1.165, 1.54) is 96.4 Å². The molecule has 22 nitrogen and oxygen atoms in total. The summed E-state index contributed by atoms with van der Waals surface area (Å²) in [6.45, 7) is 22.6. The first kappa shape index (κ1) is 100. The predicted octanol–water partition coefficient (Wildman–Crippen LogP) is 9.67. The number of aliphatic hydroxyl groups is 1. The average molecular weight is 1960 g/mol. The second-order valence-electron chi connectivity index (χ2n) is 20.2. The number of nitrogen functional groups attached to an aromatic ring is 1. The van der Waals surface area contributed by atoms with Gasteiger partial charge in [-0.05, 0) is 135 Å². The van der Waals surface area contributed by atoms with Crippen molar-refractivity contribution in [3.63, 3.8) is 0 Å². The molecular formula is C48H77Cl2F8I4N8NaO14S5Si2. The molecule has 0 bridgehead atoms. The minimum atomic E-state index is -4.34. The van der Waals surface area contributed by atoms with E-state index in [1.54, 1.807) is 34.6 Å². The van der Waals surface area contributed by atoms with E-state index >= 15 is 0 Å². The number of ether oxygens (including phenoxy) is 2. The Morgan fingerprint density at radius 1 is 0.533 bits per heavy atom. The van der Waals surface area contributed by atoms with Crippen LogP contribution in [0.3, 0.4) is 0 Å². The van der Waals surface area contributed by atoms with E-state index in [9.17, 15) is 77.2 Å². The number of pyridine rings is 4. The van der Waals surface area contributed by atoms with Crippen molar-refractivity contribution >= 4 is 201 Å². The number of alkyl halides is 1. The average Bonchev–Trinajstić information content (AvgIpc) is 0.790. The standard InChI is InChI=1S/C14H23F2IN2O3SSi.C11H15F2IN2O4S2.C8H9F2IN2O2S.C6H15ClOSi.C5H3F2IN2.C3H7ClO2S.CH4O.Na.H2O/c1-5-7-23(20,21)19(10-22-6-8-24(2,3)4)14-12(16)13(17)11(15)9-18-14;1-3-5-21(17,18)16(22(19,20)6-4-2)11-9(13)10(14)8(12)7-15-11;1-2-3-16(14,15)13-8-6(10)7(11)5(9)4-12-8;1-9(2,3)5-4-8-6-7;6-2-1-10-5(9)3(7)4(2)8;1-2-3-7(4,5)6;1-2;;/h9H,5-8,10H2,1-4H3;7H,3-6H2,1-2H3;4H,2-3H2,1H3,(H,12,13);4-6H2,1-3H3;1H,(H2,9,10);2-3H2,1H3;2H,1H3;;1H2/q;;;;;;;+1;/p-1. The van der Waals surface area contributed by atoms with Crippen molar-refractivity contribution in [3.05, 3.63) is 85.6 Å². The van der Waals surface area contributed by atoms with E-state index < -0.39 is 144 Å². The maximum absolute atomic E-state index is 14.3. The number of nitrogens with zero attached hydrogens (tertiary/aromatic N) is 6. The first-order valence-electron chi connectivity index (χ1n) is 26.3. The molecule has 0 aromatic carbocycles. The fourth-order valence-corrected chi connectivity index (χ4v) is 16.1. The largest absolute Gasteiger partial charge is 1.00 e. The molecule has 0 saturated carbocycles. The first-order chi connectivity index (χ1) is 41.2.